The Morgan fingerprint density at radius 2 is 1.72 bits per heavy atom. The van der Waals surface area contributed by atoms with Crippen LogP contribution in [0.5, 0.6) is 5.75 Å². The third kappa shape index (κ3) is 4.48. The van der Waals surface area contributed by atoms with Gasteiger partial charge in [0.2, 0.25) is 0 Å². The van der Waals surface area contributed by atoms with Crippen molar-refractivity contribution in [1.29, 1.82) is 0 Å². The average molecular weight is 453 g/mol. The number of nitrogens with zero attached hydrogens (tertiary/aromatic N) is 1. The molecule has 0 radical (unpaired) electrons. The minimum absolute atomic E-state index is 0.0422. The summed E-state index contributed by atoms with van der Waals surface area (Å²) in [4.78, 5) is 6.38. The third-order valence-electron chi connectivity index (χ3n) is 6.49. The minimum atomic E-state index is -3.44. The van der Waals surface area contributed by atoms with Crippen molar-refractivity contribution in [2.45, 2.75) is 44.0 Å². The number of sulfone groups is 1. The van der Waals surface area contributed by atoms with Crippen molar-refractivity contribution >= 4 is 9.84 Å². The lowest BCUT2D eigenvalue weighted by Gasteiger charge is -2.31. The molecule has 6 heteroatoms. The molecule has 3 aromatic rings. The number of ether oxygens (including phenoxy) is 1. The number of aromatic nitrogens is 1. The zero-order valence-corrected chi connectivity index (χ0v) is 19.9. The van der Waals surface area contributed by atoms with E-state index in [1.807, 2.05) is 42.5 Å². The number of hydrogen-bond donors (Lipinski definition) is 1. The number of benzene rings is 2. The summed E-state index contributed by atoms with van der Waals surface area (Å²) in [5.41, 5.74) is 4.29. The summed E-state index contributed by atoms with van der Waals surface area (Å²) in [6.45, 7) is 6.14. The molecule has 1 aliphatic heterocycles. The predicted molar refractivity (Wildman–Crippen MR) is 130 cm³/mol. The van der Waals surface area contributed by atoms with E-state index >= 15 is 0 Å². The highest BCUT2D eigenvalue weighted by Crippen LogP contribution is 2.39. The maximum Gasteiger partial charge on any atom is 0.178 e. The molecule has 0 spiro atoms. The largest absolute Gasteiger partial charge is 0.496 e. The van der Waals surface area contributed by atoms with Crippen molar-refractivity contribution < 1.29 is 13.2 Å². The molecule has 170 valence electrons. The van der Waals surface area contributed by atoms with E-state index in [0.29, 0.717) is 16.2 Å². The SMILES string of the molecule is CCS(=O)(=O)c1cc(-c2ccc(C(C)N3CCCCC3)[nH]2)c(OC)cc1-c1ccccc1. The Hall–Kier alpha value is -2.57. The summed E-state index contributed by atoms with van der Waals surface area (Å²) >= 11 is 0. The molecule has 1 saturated heterocycles. The molecule has 0 saturated carbocycles. The summed E-state index contributed by atoms with van der Waals surface area (Å²) in [5, 5.41) is 0. The number of hydrogen-bond acceptors (Lipinski definition) is 4. The van der Waals surface area contributed by atoms with Gasteiger partial charge >= 0.3 is 0 Å². The Labute approximate surface area is 191 Å². The topological polar surface area (TPSA) is 62.4 Å². The second-order valence-electron chi connectivity index (χ2n) is 8.42. The number of H-pyrrole nitrogens is 1. The first-order valence-corrected chi connectivity index (χ1v) is 13.0. The number of nitrogens with one attached hydrogen (secondary N) is 1. The Bertz CT molecular complexity index is 1160. The first kappa shape index (κ1) is 22.6. The molecule has 1 N–H and O–H groups in total. The van der Waals surface area contributed by atoms with E-state index in [2.05, 4.69) is 22.9 Å². The molecule has 1 atom stereocenters. The fraction of sp³-hybridized carbons (Fsp3) is 0.385. The first-order chi connectivity index (χ1) is 15.4. The standard InChI is InChI=1S/C26H32N2O3S/c1-4-32(29,30)26-18-22(25(31-3)17-21(26)20-11-7-5-8-12-20)24-14-13-23(27-24)19(2)28-15-9-6-10-16-28/h5,7-8,11-14,17-19,27H,4,6,9-10,15-16H2,1-3H3. The summed E-state index contributed by atoms with van der Waals surface area (Å²) in [5.74, 6) is 0.693. The molecule has 32 heavy (non-hydrogen) atoms. The van der Waals surface area contributed by atoms with Gasteiger partial charge in [-0.05, 0) is 62.7 Å². The van der Waals surface area contributed by atoms with Crippen molar-refractivity contribution in [3.63, 3.8) is 0 Å². The van der Waals surface area contributed by atoms with Gasteiger partial charge in [0, 0.05) is 28.6 Å². The van der Waals surface area contributed by atoms with Crippen molar-refractivity contribution in [3.05, 3.63) is 60.3 Å². The Morgan fingerprint density at radius 1 is 1.00 bits per heavy atom. The maximum atomic E-state index is 13.0. The highest BCUT2D eigenvalue weighted by molar-refractivity contribution is 7.91. The van der Waals surface area contributed by atoms with Gasteiger partial charge in [-0.1, -0.05) is 43.7 Å². The van der Waals surface area contributed by atoms with Crippen LogP contribution in [0.25, 0.3) is 22.4 Å². The fourth-order valence-electron chi connectivity index (χ4n) is 4.51. The average Bonchev–Trinajstić information content (AvgIpc) is 3.34. The van der Waals surface area contributed by atoms with Gasteiger partial charge < -0.3 is 9.72 Å². The van der Waals surface area contributed by atoms with Crippen LogP contribution in [0.1, 0.15) is 44.8 Å². The van der Waals surface area contributed by atoms with Crippen LogP contribution in [-0.4, -0.2) is 44.3 Å². The van der Waals surface area contributed by atoms with Crippen molar-refractivity contribution in [3.8, 4) is 28.1 Å². The van der Waals surface area contributed by atoms with Gasteiger partial charge in [0.25, 0.3) is 0 Å². The highest BCUT2D eigenvalue weighted by atomic mass is 32.2. The van der Waals surface area contributed by atoms with Gasteiger partial charge in [0.15, 0.2) is 9.84 Å². The monoisotopic (exact) mass is 452 g/mol. The van der Waals surface area contributed by atoms with Crippen LogP contribution in [0.4, 0.5) is 0 Å². The number of piperidine rings is 1. The van der Waals surface area contributed by atoms with Gasteiger partial charge in [0.05, 0.1) is 17.8 Å². The second kappa shape index (κ2) is 9.51. The van der Waals surface area contributed by atoms with Crippen LogP contribution < -0.4 is 4.74 Å². The van der Waals surface area contributed by atoms with Gasteiger partial charge in [-0.15, -0.1) is 0 Å². The Balaban J connectivity index is 1.79. The smallest absolute Gasteiger partial charge is 0.178 e. The minimum Gasteiger partial charge on any atom is -0.496 e. The van der Waals surface area contributed by atoms with E-state index in [0.717, 1.165) is 35.6 Å². The quantitative estimate of drug-likeness (QED) is 0.500. The van der Waals surface area contributed by atoms with Crippen LogP contribution in [0.3, 0.4) is 0 Å². The van der Waals surface area contributed by atoms with Crippen LogP contribution in [0, 0.1) is 0 Å². The van der Waals surface area contributed by atoms with Gasteiger partial charge in [-0.3, -0.25) is 4.90 Å². The molecule has 0 amide bonds. The zero-order valence-electron chi connectivity index (χ0n) is 19.1. The van der Waals surface area contributed by atoms with E-state index in [1.54, 1.807) is 20.1 Å². The normalized spacial score (nSPS) is 16.1. The number of rotatable bonds is 7. The molecule has 2 aromatic carbocycles. The number of aromatic amines is 1. The highest BCUT2D eigenvalue weighted by Gasteiger charge is 2.24. The molecular formula is C26H32N2O3S. The zero-order chi connectivity index (χ0) is 22.7. The molecule has 5 nitrogen and oxygen atoms in total. The van der Waals surface area contributed by atoms with E-state index < -0.39 is 9.84 Å². The summed E-state index contributed by atoms with van der Waals surface area (Å²) in [6, 6.07) is 17.6. The van der Waals surface area contributed by atoms with E-state index in [9.17, 15) is 8.42 Å². The number of methoxy groups -OCH3 is 1. The van der Waals surface area contributed by atoms with E-state index in [1.165, 1.54) is 19.3 Å². The molecule has 4 rings (SSSR count). The first-order valence-electron chi connectivity index (χ1n) is 11.4. The maximum absolute atomic E-state index is 13.0. The Kier molecular flexibility index (Phi) is 6.72. The predicted octanol–water partition coefficient (Wildman–Crippen LogP) is 5.70. The molecule has 2 heterocycles. The van der Waals surface area contributed by atoms with Crippen molar-refractivity contribution in [1.82, 2.24) is 9.88 Å². The lowest BCUT2D eigenvalue weighted by atomic mass is 10.0. The number of likely N-dealkylation sites (tertiary alicyclic amines) is 1. The Morgan fingerprint density at radius 3 is 2.38 bits per heavy atom. The van der Waals surface area contributed by atoms with E-state index in [-0.39, 0.29) is 11.8 Å². The molecular weight excluding hydrogens is 420 g/mol. The van der Waals surface area contributed by atoms with Gasteiger partial charge in [-0.25, -0.2) is 8.42 Å². The lowest BCUT2D eigenvalue weighted by Crippen LogP contribution is -2.32. The molecule has 1 aromatic heterocycles. The summed E-state index contributed by atoms with van der Waals surface area (Å²) in [7, 11) is -1.81. The van der Waals surface area contributed by atoms with Crippen LogP contribution >= 0.6 is 0 Å². The van der Waals surface area contributed by atoms with Crippen molar-refractivity contribution in [2.75, 3.05) is 26.0 Å². The van der Waals surface area contributed by atoms with Crippen molar-refractivity contribution in [2.24, 2.45) is 0 Å². The molecule has 1 aliphatic rings. The van der Waals surface area contributed by atoms with Crippen LogP contribution in [-0.2, 0) is 9.84 Å². The molecule has 0 bridgehead atoms. The lowest BCUT2D eigenvalue weighted by molar-refractivity contribution is 0.172. The van der Waals surface area contributed by atoms with Gasteiger partial charge in [0.1, 0.15) is 5.75 Å². The van der Waals surface area contributed by atoms with Gasteiger partial charge in [-0.2, -0.15) is 0 Å². The molecule has 1 unspecified atom stereocenters. The second-order valence-corrected chi connectivity index (χ2v) is 10.7. The third-order valence-corrected chi connectivity index (χ3v) is 8.26. The summed E-state index contributed by atoms with van der Waals surface area (Å²) < 4.78 is 31.8. The molecule has 0 aliphatic carbocycles. The van der Waals surface area contributed by atoms with Crippen LogP contribution in [0.2, 0.25) is 0 Å². The van der Waals surface area contributed by atoms with Crippen LogP contribution in [0.15, 0.2) is 59.5 Å². The fourth-order valence-corrected chi connectivity index (χ4v) is 5.63. The summed E-state index contributed by atoms with van der Waals surface area (Å²) in [6.07, 6.45) is 3.79. The molecule has 1 fully saturated rings. The van der Waals surface area contributed by atoms with E-state index in [4.69, 9.17) is 4.74 Å².